The first-order valence-corrected chi connectivity index (χ1v) is 11.8. The van der Waals surface area contributed by atoms with Crippen LogP contribution in [-0.2, 0) is 5.11 Å². The minimum atomic E-state index is -0.342. The third-order valence-electron chi connectivity index (χ3n) is 6.05. The summed E-state index contributed by atoms with van der Waals surface area (Å²) in [5, 5.41) is 13.0. The van der Waals surface area contributed by atoms with E-state index in [2.05, 4.69) is 27.7 Å². The zero-order valence-corrected chi connectivity index (χ0v) is 18.2. The Labute approximate surface area is 160 Å². The molecule has 0 amide bonds. The van der Waals surface area contributed by atoms with E-state index in [9.17, 15) is 5.11 Å². The maximum Gasteiger partial charge on any atom is 0.0983 e. The van der Waals surface area contributed by atoms with Crippen molar-refractivity contribution in [1.82, 2.24) is 0 Å². The predicted octanol–water partition coefficient (Wildman–Crippen LogP) is 8.87. The number of hydrogen-bond acceptors (Lipinski definition) is 0. The van der Waals surface area contributed by atoms with E-state index in [4.69, 9.17) is 0 Å². The fourth-order valence-corrected chi connectivity index (χ4v) is 3.99. The van der Waals surface area contributed by atoms with Crippen molar-refractivity contribution >= 4 is 0 Å². The summed E-state index contributed by atoms with van der Waals surface area (Å²) in [7, 11) is 0. The summed E-state index contributed by atoms with van der Waals surface area (Å²) in [6, 6.07) is 0. The smallest absolute Gasteiger partial charge is 0.0983 e. The van der Waals surface area contributed by atoms with Gasteiger partial charge in [0.05, 0.1) is 6.10 Å². The Bertz CT molecular complexity index is 245. The van der Waals surface area contributed by atoms with E-state index in [1.165, 1.54) is 89.9 Å². The Kier molecular flexibility index (Phi) is 17.3. The van der Waals surface area contributed by atoms with Gasteiger partial charge in [0.2, 0.25) is 0 Å². The van der Waals surface area contributed by atoms with E-state index in [0.29, 0.717) is 0 Å². The topological polar surface area (TPSA) is 19.9 Å². The molecule has 0 aromatic rings. The van der Waals surface area contributed by atoms with Gasteiger partial charge in [-0.05, 0) is 24.7 Å². The molecule has 0 saturated carbocycles. The van der Waals surface area contributed by atoms with E-state index >= 15 is 0 Å². The first-order chi connectivity index (χ1) is 12.1. The molecule has 0 aliphatic rings. The Morgan fingerprint density at radius 1 is 0.560 bits per heavy atom. The van der Waals surface area contributed by atoms with E-state index in [1.807, 2.05) is 0 Å². The van der Waals surface area contributed by atoms with Gasteiger partial charge < -0.3 is 0 Å². The molecule has 0 rings (SSSR count). The highest BCUT2D eigenvalue weighted by Gasteiger charge is 2.32. The summed E-state index contributed by atoms with van der Waals surface area (Å²) >= 11 is 0. The zero-order chi connectivity index (χ0) is 18.8. The lowest BCUT2D eigenvalue weighted by Crippen LogP contribution is -2.31. The van der Waals surface area contributed by atoms with Crippen molar-refractivity contribution in [2.24, 2.45) is 5.41 Å². The van der Waals surface area contributed by atoms with Crippen LogP contribution in [0.5, 0.6) is 0 Å². The van der Waals surface area contributed by atoms with Crippen LogP contribution < -0.4 is 0 Å². The molecule has 1 radical (unpaired) electrons. The second-order valence-electron chi connectivity index (χ2n) is 8.67. The second kappa shape index (κ2) is 17.4. The molecule has 0 aliphatic carbocycles. The minimum absolute atomic E-state index is 0.0449. The molecule has 0 heterocycles. The molecule has 1 nitrogen and oxygen atoms in total. The van der Waals surface area contributed by atoms with Gasteiger partial charge in [-0.1, -0.05) is 124 Å². The first kappa shape index (κ1) is 25.0. The lowest BCUT2D eigenvalue weighted by atomic mass is 9.73. The van der Waals surface area contributed by atoms with E-state index < -0.39 is 0 Å². The molecule has 0 N–H and O–H groups in total. The molecule has 151 valence electrons. The molecule has 0 aromatic carbocycles. The van der Waals surface area contributed by atoms with Crippen molar-refractivity contribution in [1.29, 1.82) is 0 Å². The Balaban J connectivity index is 4.22. The van der Waals surface area contributed by atoms with Crippen LogP contribution in [0.3, 0.4) is 0 Å². The van der Waals surface area contributed by atoms with Crippen molar-refractivity contribution in [3.05, 3.63) is 0 Å². The first-order valence-electron chi connectivity index (χ1n) is 11.8. The summed E-state index contributed by atoms with van der Waals surface area (Å²) in [5.74, 6) is 0. The van der Waals surface area contributed by atoms with Gasteiger partial charge >= 0.3 is 0 Å². The Morgan fingerprint density at radius 3 is 1.36 bits per heavy atom. The number of rotatable bonds is 19. The van der Waals surface area contributed by atoms with Crippen molar-refractivity contribution in [3.8, 4) is 0 Å². The maximum absolute atomic E-state index is 13.0. The van der Waals surface area contributed by atoms with E-state index in [-0.39, 0.29) is 11.5 Å². The second-order valence-corrected chi connectivity index (χ2v) is 8.67. The monoisotopic (exact) mass is 353 g/mol. The fraction of sp³-hybridized carbons (Fsp3) is 1.00. The zero-order valence-electron chi connectivity index (χ0n) is 18.2. The van der Waals surface area contributed by atoms with Gasteiger partial charge in [-0.2, -0.15) is 0 Å². The van der Waals surface area contributed by atoms with E-state index in [1.54, 1.807) is 0 Å². The summed E-state index contributed by atoms with van der Waals surface area (Å²) in [4.78, 5) is 0. The van der Waals surface area contributed by atoms with Crippen LogP contribution in [0.25, 0.3) is 0 Å². The Morgan fingerprint density at radius 2 is 0.920 bits per heavy atom. The van der Waals surface area contributed by atoms with Gasteiger partial charge in [0, 0.05) is 0 Å². The van der Waals surface area contributed by atoms with Crippen molar-refractivity contribution in [3.63, 3.8) is 0 Å². The quantitative estimate of drug-likeness (QED) is 0.207. The van der Waals surface area contributed by atoms with Gasteiger partial charge in [-0.15, -0.1) is 0 Å². The van der Waals surface area contributed by atoms with Crippen molar-refractivity contribution < 1.29 is 5.11 Å². The highest BCUT2D eigenvalue weighted by Crippen LogP contribution is 2.37. The molecule has 0 saturated heterocycles. The molecular formula is C24H49O. The van der Waals surface area contributed by atoms with Gasteiger partial charge in [-0.25, -0.2) is 5.11 Å². The summed E-state index contributed by atoms with van der Waals surface area (Å²) in [5.41, 5.74) is 0.0449. The highest BCUT2D eigenvalue weighted by molar-refractivity contribution is 4.82. The third kappa shape index (κ3) is 13.8. The van der Waals surface area contributed by atoms with Gasteiger partial charge in [0.1, 0.15) is 0 Å². The van der Waals surface area contributed by atoms with Gasteiger partial charge in [-0.3, -0.25) is 0 Å². The van der Waals surface area contributed by atoms with E-state index in [0.717, 1.165) is 25.7 Å². The molecule has 0 aliphatic heterocycles. The predicted molar refractivity (Wildman–Crippen MR) is 113 cm³/mol. The lowest BCUT2D eigenvalue weighted by Gasteiger charge is -2.34. The summed E-state index contributed by atoms with van der Waals surface area (Å²) < 4.78 is 0. The van der Waals surface area contributed by atoms with Crippen LogP contribution in [0.15, 0.2) is 0 Å². The normalized spacial score (nSPS) is 13.3. The SMILES string of the molecule is CCCCCCCCC(C)(CCCCCCCC)C([O])CCCCC. The molecule has 1 heteroatoms. The van der Waals surface area contributed by atoms with Crippen LogP contribution in [0.2, 0.25) is 0 Å². The highest BCUT2D eigenvalue weighted by atomic mass is 16.3. The van der Waals surface area contributed by atoms with Crippen LogP contribution in [0, 0.1) is 5.41 Å². The van der Waals surface area contributed by atoms with Gasteiger partial charge in [0.25, 0.3) is 0 Å². The molecule has 0 spiro atoms. The molecule has 0 fully saturated rings. The minimum Gasteiger partial charge on any atom is -0.233 e. The molecular weight excluding hydrogens is 304 g/mol. The lowest BCUT2D eigenvalue weighted by molar-refractivity contribution is -0.0379. The molecule has 0 bridgehead atoms. The number of unbranched alkanes of at least 4 members (excludes halogenated alkanes) is 12. The van der Waals surface area contributed by atoms with Crippen LogP contribution >= 0.6 is 0 Å². The van der Waals surface area contributed by atoms with Crippen molar-refractivity contribution in [2.45, 2.75) is 149 Å². The molecule has 25 heavy (non-hydrogen) atoms. The maximum atomic E-state index is 13.0. The Hall–Kier alpha value is -0.0400. The molecule has 1 atom stereocenters. The fourth-order valence-electron chi connectivity index (χ4n) is 3.99. The van der Waals surface area contributed by atoms with Crippen LogP contribution in [0.1, 0.15) is 143 Å². The standard InChI is InChI=1S/C24H49O/c1-5-8-11-13-15-18-21-24(4,23(25)20-17-10-7-3)22-19-16-14-12-9-6-2/h23H,5-22H2,1-4H3. The molecule has 0 aromatic heterocycles. The third-order valence-corrected chi connectivity index (χ3v) is 6.05. The summed E-state index contributed by atoms with van der Waals surface area (Å²) in [6.45, 7) is 9.09. The van der Waals surface area contributed by atoms with Crippen LogP contribution in [0.4, 0.5) is 0 Å². The van der Waals surface area contributed by atoms with Crippen molar-refractivity contribution in [2.75, 3.05) is 0 Å². The average Bonchev–Trinajstić information content (AvgIpc) is 2.61. The van der Waals surface area contributed by atoms with Gasteiger partial charge in [0.15, 0.2) is 0 Å². The molecule has 1 unspecified atom stereocenters. The largest absolute Gasteiger partial charge is 0.233 e. The van der Waals surface area contributed by atoms with Crippen LogP contribution in [-0.4, -0.2) is 6.10 Å². The summed E-state index contributed by atoms with van der Waals surface area (Å²) in [6.07, 6.45) is 22.5. The average molecular weight is 354 g/mol. The number of hydrogen-bond donors (Lipinski definition) is 0.